The molecule has 0 radical (unpaired) electrons. The Labute approximate surface area is 140 Å². The van der Waals surface area contributed by atoms with Crippen molar-refractivity contribution in [3.05, 3.63) is 66.2 Å². The second-order valence-electron chi connectivity index (χ2n) is 5.83. The number of aliphatic hydroxyl groups is 1. The number of halogens is 1. The molecule has 4 nitrogen and oxygen atoms in total. The van der Waals surface area contributed by atoms with Gasteiger partial charge in [-0.15, -0.1) is 0 Å². The van der Waals surface area contributed by atoms with E-state index in [9.17, 15) is 9.50 Å². The van der Waals surface area contributed by atoms with E-state index >= 15 is 0 Å². The summed E-state index contributed by atoms with van der Waals surface area (Å²) in [4.78, 5) is 10.7. The van der Waals surface area contributed by atoms with Crippen LogP contribution in [0, 0.1) is 5.82 Å². The highest BCUT2D eigenvalue weighted by atomic mass is 19.1. The van der Waals surface area contributed by atoms with Gasteiger partial charge in [0.1, 0.15) is 18.0 Å². The van der Waals surface area contributed by atoms with E-state index in [-0.39, 0.29) is 18.5 Å². The van der Waals surface area contributed by atoms with Crippen LogP contribution in [-0.2, 0) is 6.54 Å². The van der Waals surface area contributed by atoms with Gasteiger partial charge in [-0.25, -0.2) is 14.4 Å². The van der Waals surface area contributed by atoms with Gasteiger partial charge in [0.15, 0.2) is 0 Å². The highest BCUT2D eigenvalue weighted by Crippen LogP contribution is 2.27. The quantitative estimate of drug-likeness (QED) is 0.753. The summed E-state index contributed by atoms with van der Waals surface area (Å²) < 4.78 is 13.7. The molecule has 5 heteroatoms. The summed E-state index contributed by atoms with van der Waals surface area (Å²) in [7, 11) is 0. The van der Waals surface area contributed by atoms with Crippen molar-refractivity contribution in [1.82, 2.24) is 9.97 Å². The molecule has 1 atom stereocenters. The molecule has 2 aromatic carbocycles. The zero-order valence-electron chi connectivity index (χ0n) is 13.6. The number of benzene rings is 2. The molecule has 1 aromatic heterocycles. The highest BCUT2D eigenvalue weighted by Gasteiger charge is 2.19. The number of nitrogens with zero attached hydrogens (tertiary/aromatic N) is 3. The molecule has 0 aliphatic carbocycles. The summed E-state index contributed by atoms with van der Waals surface area (Å²) in [6, 6.07) is 14.6. The molecule has 1 N–H and O–H groups in total. The van der Waals surface area contributed by atoms with Crippen LogP contribution in [0.25, 0.3) is 10.9 Å². The first-order valence-electron chi connectivity index (χ1n) is 8.00. The van der Waals surface area contributed by atoms with Gasteiger partial charge < -0.3 is 10.0 Å². The average molecular weight is 325 g/mol. The number of anilines is 1. The fourth-order valence-electron chi connectivity index (χ4n) is 2.81. The molecule has 0 aliphatic rings. The standard InChI is InChI=1S/C19H20FN3O/c1-14(9-10-24)23(12-15-5-3-2-4-6-15)19-17-11-16(20)7-8-18(17)21-13-22-19/h2-8,11,13-14,24H,9-10,12H2,1H3. The fourth-order valence-corrected chi connectivity index (χ4v) is 2.81. The molecule has 1 heterocycles. The van der Waals surface area contributed by atoms with Crippen LogP contribution in [-0.4, -0.2) is 27.7 Å². The molecule has 0 fully saturated rings. The Morgan fingerprint density at radius 3 is 2.67 bits per heavy atom. The van der Waals surface area contributed by atoms with Gasteiger partial charge in [0.2, 0.25) is 0 Å². The third kappa shape index (κ3) is 3.51. The van der Waals surface area contributed by atoms with Crippen LogP contribution in [0.15, 0.2) is 54.9 Å². The lowest BCUT2D eigenvalue weighted by Crippen LogP contribution is -2.34. The molecule has 124 valence electrons. The fraction of sp³-hybridized carbons (Fsp3) is 0.263. The Morgan fingerprint density at radius 2 is 1.92 bits per heavy atom. The number of hydrogen-bond donors (Lipinski definition) is 1. The zero-order valence-corrected chi connectivity index (χ0v) is 13.6. The minimum atomic E-state index is -0.312. The predicted octanol–water partition coefficient (Wildman–Crippen LogP) is 3.55. The minimum Gasteiger partial charge on any atom is -0.396 e. The van der Waals surface area contributed by atoms with Crippen molar-refractivity contribution in [3.8, 4) is 0 Å². The van der Waals surface area contributed by atoms with Gasteiger partial charge in [0, 0.05) is 24.6 Å². The van der Waals surface area contributed by atoms with Crippen molar-refractivity contribution in [1.29, 1.82) is 0 Å². The van der Waals surface area contributed by atoms with Crippen molar-refractivity contribution in [2.75, 3.05) is 11.5 Å². The molecule has 0 aliphatic heterocycles. The van der Waals surface area contributed by atoms with Crippen molar-refractivity contribution in [3.63, 3.8) is 0 Å². The number of rotatable bonds is 6. The van der Waals surface area contributed by atoms with Gasteiger partial charge in [-0.05, 0) is 37.1 Å². The van der Waals surface area contributed by atoms with E-state index < -0.39 is 0 Å². The predicted molar refractivity (Wildman–Crippen MR) is 93.3 cm³/mol. The smallest absolute Gasteiger partial charge is 0.140 e. The van der Waals surface area contributed by atoms with E-state index in [1.165, 1.54) is 18.5 Å². The third-order valence-electron chi connectivity index (χ3n) is 4.12. The Bertz CT molecular complexity index is 810. The Morgan fingerprint density at radius 1 is 1.12 bits per heavy atom. The molecule has 3 rings (SSSR count). The Hall–Kier alpha value is -2.53. The maximum atomic E-state index is 13.7. The van der Waals surface area contributed by atoms with Crippen LogP contribution in [0.5, 0.6) is 0 Å². The van der Waals surface area contributed by atoms with E-state index in [2.05, 4.69) is 14.9 Å². The Balaban J connectivity index is 2.06. The van der Waals surface area contributed by atoms with E-state index in [4.69, 9.17) is 0 Å². The summed E-state index contributed by atoms with van der Waals surface area (Å²) >= 11 is 0. The highest BCUT2D eigenvalue weighted by molar-refractivity contribution is 5.89. The van der Waals surface area contributed by atoms with Crippen LogP contribution >= 0.6 is 0 Å². The van der Waals surface area contributed by atoms with Crippen LogP contribution in [0.1, 0.15) is 18.9 Å². The maximum absolute atomic E-state index is 13.7. The minimum absolute atomic E-state index is 0.0524. The maximum Gasteiger partial charge on any atom is 0.140 e. The van der Waals surface area contributed by atoms with Crippen molar-refractivity contribution in [2.45, 2.75) is 25.9 Å². The van der Waals surface area contributed by atoms with Gasteiger partial charge in [-0.1, -0.05) is 30.3 Å². The summed E-state index contributed by atoms with van der Waals surface area (Å²) in [6.07, 6.45) is 2.10. The molecule has 0 saturated heterocycles. The third-order valence-corrected chi connectivity index (χ3v) is 4.12. The second kappa shape index (κ2) is 7.36. The lowest BCUT2D eigenvalue weighted by molar-refractivity contribution is 0.275. The number of aliphatic hydroxyl groups excluding tert-OH is 1. The lowest BCUT2D eigenvalue weighted by atomic mass is 10.1. The van der Waals surface area contributed by atoms with Crippen LogP contribution < -0.4 is 4.90 Å². The molecule has 0 saturated carbocycles. The van der Waals surface area contributed by atoms with Gasteiger partial charge in [-0.3, -0.25) is 0 Å². The van der Waals surface area contributed by atoms with E-state index in [1.54, 1.807) is 6.07 Å². The van der Waals surface area contributed by atoms with E-state index in [1.807, 2.05) is 37.3 Å². The van der Waals surface area contributed by atoms with Gasteiger partial charge in [0.25, 0.3) is 0 Å². The van der Waals surface area contributed by atoms with Gasteiger partial charge in [0.05, 0.1) is 5.52 Å². The monoisotopic (exact) mass is 325 g/mol. The van der Waals surface area contributed by atoms with E-state index in [0.29, 0.717) is 29.7 Å². The van der Waals surface area contributed by atoms with E-state index in [0.717, 1.165) is 5.56 Å². The number of fused-ring (bicyclic) bond motifs is 1. The molecule has 0 bridgehead atoms. The molecule has 1 unspecified atom stereocenters. The second-order valence-corrected chi connectivity index (χ2v) is 5.83. The molecule has 0 amide bonds. The van der Waals surface area contributed by atoms with Crippen LogP contribution in [0.3, 0.4) is 0 Å². The van der Waals surface area contributed by atoms with Crippen LogP contribution in [0.2, 0.25) is 0 Å². The molecular weight excluding hydrogens is 305 g/mol. The van der Waals surface area contributed by atoms with Crippen molar-refractivity contribution < 1.29 is 9.50 Å². The van der Waals surface area contributed by atoms with Crippen molar-refractivity contribution >= 4 is 16.7 Å². The first-order valence-corrected chi connectivity index (χ1v) is 8.00. The SMILES string of the molecule is CC(CCO)N(Cc1ccccc1)c1ncnc2ccc(F)cc12. The topological polar surface area (TPSA) is 49.2 Å². The zero-order chi connectivity index (χ0) is 16.9. The molecular formula is C19H20FN3O. The summed E-state index contributed by atoms with van der Waals surface area (Å²) in [6.45, 7) is 2.75. The average Bonchev–Trinajstić information content (AvgIpc) is 2.60. The first kappa shape index (κ1) is 16.3. The molecule has 24 heavy (non-hydrogen) atoms. The largest absolute Gasteiger partial charge is 0.396 e. The van der Waals surface area contributed by atoms with Crippen LogP contribution in [0.4, 0.5) is 10.2 Å². The van der Waals surface area contributed by atoms with Gasteiger partial charge >= 0.3 is 0 Å². The lowest BCUT2D eigenvalue weighted by Gasteiger charge is -2.31. The summed E-state index contributed by atoms with van der Waals surface area (Å²) in [5.41, 5.74) is 1.83. The number of hydrogen-bond acceptors (Lipinski definition) is 4. The number of aromatic nitrogens is 2. The summed E-state index contributed by atoms with van der Waals surface area (Å²) in [5, 5.41) is 10.0. The Kier molecular flexibility index (Phi) is 5.01. The molecule has 3 aromatic rings. The van der Waals surface area contributed by atoms with Crippen molar-refractivity contribution in [2.24, 2.45) is 0 Å². The first-order chi connectivity index (χ1) is 11.7. The molecule has 0 spiro atoms. The normalized spacial score (nSPS) is 12.3. The van der Waals surface area contributed by atoms with Gasteiger partial charge in [-0.2, -0.15) is 0 Å². The summed E-state index contributed by atoms with van der Waals surface area (Å²) in [5.74, 6) is 0.373.